The Balaban J connectivity index is 2.03. The van der Waals surface area contributed by atoms with Crippen molar-refractivity contribution in [1.82, 2.24) is 18.7 Å². The minimum atomic E-state index is -0.575. The van der Waals surface area contributed by atoms with Crippen molar-refractivity contribution < 1.29 is 4.79 Å². The number of rotatable bonds is 3. The van der Waals surface area contributed by atoms with E-state index in [1.807, 2.05) is 0 Å². The Kier molecular flexibility index (Phi) is 4.64. The van der Waals surface area contributed by atoms with E-state index >= 15 is 0 Å². The van der Waals surface area contributed by atoms with Crippen LogP contribution in [0.5, 0.6) is 0 Å². The van der Waals surface area contributed by atoms with Crippen molar-refractivity contribution in [3.63, 3.8) is 0 Å². The van der Waals surface area contributed by atoms with Crippen molar-refractivity contribution in [2.24, 2.45) is 14.1 Å². The number of benzene rings is 1. The van der Waals surface area contributed by atoms with Gasteiger partial charge in [0.05, 0.1) is 0 Å². The summed E-state index contributed by atoms with van der Waals surface area (Å²) in [5.41, 5.74) is 0.384. The summed E-state index contributed by atoms with van der Waals surface area (Å²) in [5.74, 6) is -0.410. The molecule has 3 aromatic rings. The lowest BCUT2D eigenvalue weighted by Gasteiger charge is -2.11. The van der Waals surface area contributed by atoms with Gasteiger partial charge in [0.2, 0.25) is 11.2 Å². The number of anilines is 1. The van der Waals surface area contributed by atoms with Crippen LogP contribution in [0.2, 0.25) is 10.3 Å². The van der Waals surface area contributed by atoms with Gasteiger partial charge in [0, 0.05) is 24.8 Å². The Morgan fingerprint density at radius 1 is 1.19 bits per heavy atom. The zero-order chi connectivity index (χ0) is 19.2. The summed E-state index contributed by atoms with van der Waals surface area (Å²) < 4.78 is 3.42. The number of aryl methyl sites for hydroxylation is 1. The number of hydrogen-bond donors (Lipinski definition) is 1. The largest absolute Gasteiger partial charge is 0.332 e. The zero-order valence-electron chi connectivity index (χ0n) is 14.2. The van der Waals surface area contributed by atoms with Gasteiger partial charge in [-0.3, -0.25) is 23.3 Å². The number of carbonyl (C=O) groups is 1. The molecule has 2 aromatic heterocycles. The summed E-state index contributed by atoms with van der Waals surface area (Å²) in [7, 11) is 2.83. The van der Waals surface area contributed by atoms with Crippen LogP contribution >= 0.6 is 23.2 Å². The number of aromatic nitrogens is 4. The number of imidazole rings is 1. The van der Waals surface area contributed by atoms with Crippen LogP contribution in [0, 0.1) is 6.92 Å². The lowest BCUT2D eigenvalue weighted by Crippen LogP contribution is -2.37. The van der Waals surface area contributed by atoms with Crippen molar-refractivity contribution >= 4 is 46.0 Å². The van der Waals surface area contributed by atoms with Gasteiger partial charge in [-0.05, 0) is 36.2 Å². The van der Waals surface area contributed by atoms with Crippen LogP contribution < -0.4 is 16.6 Å². The van der Waals surface area contributed by atoms with Crippen LogP contribution in [0.3, 0.4) is 0 Å². The summed E-state index contributed by atoms with van der Waals surface area (Å²) in [6.07, 6.45) is 0. The topological polar surface area (TPSA) is 90.9 Å². The first-order valence-electron chi connectivity index (χ1n) is 7.59. The molecule has 2 heterocycles. The molecule has 0 radical (unpaired) electrons. The lowest BCUT2D eigenvalue weighted by molar-refractivity contribution is -0.116. The average Bonchev–Trinajstić information content (AvgIpc) is 2.92. The van der Waals surface area contributed by atoms with E-state index in [1.54, 1.807) is 25.1 Å². The molecule has 0 saturated heterocycles. The van der Waals surface area contributed by atoms with E-state index in [1.165, 1.54) is 23.2 Å². The highest BCUT2D eigenvalue weighted by Crippen LogP contribution is 2.23. The van der Waals surface area contributed by atoms with Crippen molar-refractivity contribution in [3.05, 3.63) is 54.9 Å². The Bertz CT molecular complexity index is 1160. The zero-order valence-corrected chi connectivity index (χ0v) is 15.7. The van der Waals surface area contributed by atoms with Crippen molar-refractivity contribution in [2.75, 3.05) is 5.32 Å². The molecule has 0 spiro atoms. The number of carbonyl (C=O) groups excluding carboxylic acids is 1. The molecule has 0 aliphatic carbocycles. The molecule has 26 heavy (non-hydrogen) atoms. The third kappa shape index (κ3) is 2.91. The molecule has 0 fully saturated rings. The van der Waals surface area contributed by atoms with Gasteiger partial charge in [0.15, 0.2) is 11.2 Å². The van der Waals surface area contributed by atoms with E-state index in [2.05, 4.69) is 10.3 Å². The number of nitrogens with one attached hydrogen (secondary N) is 1. The number of amides is 1. The molecule has 0 saturated carbocycles. The molecule has 3 rings (SSSR count). The van der Waals surface area contributed by atoms with Gasteiger partial charge >= 0.3 is 5.69 Å². The predicted octanol–water partition coefficient (Wildman–Crippen LogP) is 1.69. The minimum absolute atomic E-state index is 0.0590. The Morgan fingerprint density at radius 2 is 1.88 bits per heavy atom. The average molecular weight is 396 g/mol. The number of fused-ring (bicyclic) bond motifs is 1. The smallest absolute Gasteiger partial charge is 0.324 e. The van der Waals surface area contributed by atoms with Crippen molar-refractivity contribution in [1.29, 1.82) is 0 Å². The predicted molar refractivity (Wildman–Crippen MR) is 100 cm³/mol. The molecule has 0 bridgehead atoms. The highest BCUT2D eigenvalue weighted by Gasteiger charge is 2.20. The molecule has 0 atom stereocenters. The van der Waals surface area contributed by atoms with E-state index in [9.17, 15) is 14.4 Å². The third-order valence-electron chi connectivity index (χ3n) is 4.14. The molecule has 10 heteroatoms. The fraction of sp³-hybridized carbons (Fsp3) is 0.250. The van der Waals surface area contributed by atoms with E-state index in [0.717, 1.165) is 10.1 Å². The second kappa shape index (κ2) is 6.62. The van der Waals surface area contributed by atoms with Crippen LogP contribution in [0.1, 0.15) is 5.56 Å². The van der Waals surface area contributed by atoms with Crippen LogP contribution in [-0.2, 0) is 25.4 Å². The van der Waals surface area contributed by atoms with Gasteiger partial charge in [-0.1, -0.05) is 17.7 Å². The summed E-state index contributed by atoms with van der Waals surface area (Å²) >= 11 is 12.2. The first-order chi connectivity index (χ1) is 12.2. The minimum Gasteiger partial charge on any atom is -0.324 e. The SMILES string of the molecule is Cc1c(Cl)cccc1NC(=O)Cn1c(Cl)nc2c1c(=O)n(C)c(=O)n2C. The van der Waals surface area contributed by atoms with Crippen LogP contribution in [-0.4, -0.2) is 24.6 Å². The Labute approximate surface area is 157 Å². The molecule has 0 aliphatic heterocycles. The van der Waals surface area contributed by atoms with Gasteiger partial charge in [-0.15, -0.1) is 0 Å². The van der Waals surface area contributed by atoms with Gasteiger partial charge in [-0.25, -0.2) is 4.79 Å². The quantitative estimate of drug-likeness (QED) is 0.683. The first-order valence-corrected chi connectivity index (χ1v) is 8.34. The fourth-order valence-electron chi connectivity index (χ4n) is 2.64. The van der Waals surface area contributed by atoms with Crippen molar-refractivity contribution in [2.45, 2.75) is 13.5 Å². The molecule has 8 nitrogen and oxygen atoms in total. The highest BCUT2D eigenvalue weighted by molar-refractivity contribution is 6.31. The first kappa shape index (κ1) is 18.2. The third-order valence-corrected chi connectivity index (χ3v) is 4.84. The maximum atomic E-state index is 12.5. The normalized spacial score (nSPS) is 11.1. The van der Waals surface area contributed by atoms with Crippen molar-refractivity contribution in [3.8, 4) is 0 Å². The van der Waals surface area contributed by atoms with Gasteiger partial charge in [0.1, 0.15) is 6.54 Å². The fourth-order valence-corrected chi connectivity index (χ4v) is 3.04. The second-order valence-electron chi connectivity index (χ2n) is 5.81. The summed E-state index contributed by atoms with van der Waals surface area (Å²) in [6, 6.07) is 5.16. The van der Waals surface area contributed by atoms with E-state index in [4.69, 9.17) is 23.2 Å². The molecule has 1 N–H and O–H groups in total. The Morgan fingerprint density at radius 3 is 2.58 bits per heavy atom. The second-order valence-corrected chi connectivity index (χ2v) is 6.55. The molecule has 0 unspecified atom stereocenters. The molecule has 136 valence electrons. The monoisotopic (exact) mass is 395 g/mol. The van der Waals surface area contributed by atoms with E-state index in [-0.39, 0.29) is 23.0 Å². The maximum Gasteiger partial charge on any atom is 0.332 e. The summed E-state index contributed by atoms with van der Waals surface area (Å²) in [6.45, 7) is 1.54. The highest BCUT2D eigenvalue weighted by atomic mass is 35.5. The summed E-state index contributed by atoms with van der Waals surface area (Å²) in [5, 5.41) is 3.20. The lowest BCUT2D eigenvalue weighted by atomic mass is 10.2. The van der Waals surface area contributed by atoms with Crippen LogP contribution in [0.4, 0.5) is 5.69 Å². The molecular formula is C16H15Cl2N5O3. The standard InChI is InChI=1S/C16H15Cl2N5O3/c1-8-9(17)5-4-6-10(8)19-11(24)7-23-12-13(20-15(23)18)21(2)16(26)22(3)14(12)25/h4-6H,7H2,1-3H3,(H,19,24). The molecule has 1 amide bonds. The number of hydrogen-bond acceptors (Lipinski definition) is 4. The van der Waals surface area contributed by atoms with Gasteiger partial charge in [0.25, 0.3) is 5.56 Å². The number of nitrogens with zero attached hydrogens (tertiary/aromatic N) is 4. The van der Waals surface area contributed by atoms with Crippen LogP contribution in [0.15, 0.2) is 27.8 Å². The van der Waals surface area contributed by atoms with E-state index < -0.39 is 17.2 Å². The number of halogens is 2. The molecule has 0 aliphatic rings. The van der Waals surface area contributed by atoms with Gasteiger partial charge < -0.3 is 5.32 Å². The maximum absolute atomic E-state index is 12.5. The van der Waals surface area contributed by atoms with Crippen LogP contribution in [0.25, 0.3) is 11.2 Å². The summed E-state index contributed by atoms with van der Waals surface area (Å²) in [4.78, 5) is 40.9. The molecule has 1 aromatic carbocycles. The Hall–Kier alpha value is -2.58. The van der Waals surface area contributed by atoms with Gasteiger partial charge in [-0.2, -0.15) is 4.98 Å². The van der Waals surface area contributed by atoms with E-state index in [0.29, 0.717) is 10.7 Å². The molecular weight excluding hydrogens is 381 g/mol.